The molecule has 2 N–H and O–H groups in total. The molecule has 1 nitrogen and oxygen atoms in total. The molecule has 0 amide bonds. The van der Waals surface area contributed by atoms with Gasteiger partial charge in [-0.15, -0.1) is 11.8 Å². The van der Waals surface area contributed by atoms with Gasteiger partial charge in [-0.1, -0.05) is 24.1 Å². The van der Waals surface area contributed by atoms with Crippen LogP contribution in [-0.2, 0) is 0 Å². The molecule has 1 aromatic carbocycles. The molecule has 2 heteroatoms. The Morgan fingerprint density at radius 1 is 1.21 bits per heavy atom. The lowest BCUT2D eigenvalue weighted by Gasteiger charge is -2.14. The minimum absolute atomic E-state index is 0.404. The summed E-state index contributed by atoms with van der Waals surface area (Å²) < 4.78 is 0. The smallest absolute Gasteiger partial charge is 0.0246 e. The first-order valence-electron chi connectivity index (χ1n) is 5.24. The first-order chi connectivity index (χ1) is 6.75. The van der Waals surface area contributed by atoms with E-state index in [9.17, 15) is 0 Å². The molecule has 1 aromatic rings. The standard InChI is InChI=1S/C12H17NS/c1-9-5-7-10(8-6-9)14-12-4-2-3-11(12)13/h5-8,11-12H,2-4,13H2,1H3. The summed E-state index contributed by atoms with van der Waals surface area (Å²) >= 11 is 1.94. The highest BCUT2D eigenvalue weighted by atomic mass is 32.2. The highest BCUT2D eigenvalue weighted by Crippen LogP contribution is 2.33. The molecule has 1 aliphatic carbocycles. The molecule has 2 unspecified atom stereocenters. The van der Waals surface area contributed by atoms with Crippen LogP contribution in [0.1, 0.15) is 24.8 Å². The Kier molecular flexibility index (Phi) is 3.14. The average Bonchev–Trinajstić information content (AvgIpc) is 2.56. The molecule has 2 atom stereocenters. The maximum absolute atomic E-state index is 6.04. The molecule has 0 aliphatic heterocycles. The van der Waals surface area contributed by atoms with Gasteiger partial charge in [-0.3, -0.25) is 0 Å². The second-order valence-electron chi connectivity index (χ2n) is 4.06. The Bertz CT molecular complexity index is 294. The van der Waals surface area contributed by atoms with Crippen molar-refractivity contribution in [3.05, 3.63) is 29.8 Å². The fourth-order valence-electron chi connectivity index (χ4n) is 1.89. The van der Waals surface area contributed by atoms with Gasteiger partial charge in [0.15, 0.2) is 0 Å². The van der Waals surface area contributed by atoms with Crippen LogP contribution in [0.15, 0.2) is 29.2 Å². The second kappa shape index (κ2) is 4.37. The van der Waals surface area contributed by atoms with Crippen molar-refractivity contribution in [3.63, 3.8) is 0 Å². The molecule has 1 fully saturated rings. The SMILES string of the molecule is Cc1ccc(SC2CCCC2N)cc1. The Morgan fingerprint density at radius 2 is 1.93 bits per heavy atom. The zero-order chi connectivity index (χ0) is 9.97. The third-order valence-corrected chi connectivity index (χ3v) is 4.24. The van der Waals surface area contributed by atoms with Crippen LogP contribution in [0.5, 0.6) is 0 Å². The van der Waals surface area contributed by atoms with E-state index in [2.05, 4.69) is 31.2 Å². The first kappa shape index (κ1) is 10.1. The molecule has 0 bridgehead atoms. The zero-order valence-electron chi connectivity index (χ0n) is 8.57. The van der Waals surface area contributed by atoms with Crippen LogP contribution in [0.25, 0.3) is 0 Å². The predicted molar refractivity (Wildman–Crippen MR) is 62.7 cm³/mol. The largest absolute Gasteiger partial charge is 0.327 e. The lowest BCUT2D eigenvalue weighted by Crippen LogP contribution is -2.26. The van der Waals surface area contributed by atoms with Gasteiger partial charge in [-0.05, 0) is 31.9 Å². The van der Waals surface area contributed by atoms with Crippen LogP contribution >= 0.6 is 11.8 Å². The zero-order valence-corrected chi connectivity index (χ0v) is 9.39. The lowest BCUT2D eigenvalue weighted by molar-refractivity contribution is 0.716. The van der Waals surface area contributed by atoms with Gasteiger partial charge in [-0.25, -0.2) is 0 Å². The molecular formula is C12H17NS. The van der Waals surface area contributed by atoms with E-state index in [1.807, 2.05) is 11.8 Å². The van der Waals surface area contributed by atoms with Crippen molar-refractivity contribution in [2.75, 3.05) is 0 Å². The summed E-state index contributed by atoms with van der Waals surface area (Å²) in [5.74, 6) is 0. The van der Waals surface area contributed by atoms with Crippen molar-refractivity contribution in [2.24, 2.45) is 5.73 Å². The van der Waals surface area contributed by atoms with E-state index in [4.69, 9.17) is 5.73 Å². The van der Waals surface area contributed by atoms with Gasteiger partial charge in [0.1, 0.15) is 0 Å². The minimum Gasteiger partial charge on any atom is -0.327 e. The van der Waals surface area contributed by atoms with E-state index in [1.54, 1.807) is 0 Å². The normalized spacial score (nSPS) is 26.7. The third-order valence-electron chi connectivity index (χ3n) is 2.81. The van der Waals surface area contributed by atoms with Crippen LogP contribution in [0.3, 0.4) is 0 Å². The van der Waals surface area contributed by atoms with Gasteiger partial charge in [0.2, 0.25) is 0 Å². The summed E-state index contributed by atoms with van der Waals surface area (Å²) in [5.41, 5.74) is 7.36. The molecule has 0 saturated heterocycles. The van der Waals surface area contributed by atoms with Gasteiger partial charge >= 0.3 is 0 Å². The summed E-state index contributed by atoms with van der Waals surface area (Å²) in [6.07, 6.45) is 3.77. The predicted octanol–water partition coefficient (Wildman–Crippen LogP) is 2.97. The number of hydrogen-bond acceptors (Lipinski definition) is 2. The lowest BCUT2D eigenvalue weighted by atomic mass is 10.2. The maximum atomic E-state index is 6.04. The Hall–Kier alpha value is -0.470. The molecule has 76 valence electrons. The molecule has 2 rings (SSSR count). The topological polar surface area (TPSA) is 26.0 Å². The van der Waals surface area contributed by atoms with E-state index in [0.717, 1.165) is 0 Å². The quantitative estimate of drug-likeness (QED) is 0.807. The molecule has 0 radical (unpaired) electrons. The Balaban J connectivity index is 2.00. The summed E-state index contributed by atoms with van der Waals surface area (Å²) in [4.78, 5) is 1.36. The molecular weight excluding hydrogens is 190 g/mol. The molecule has 14 heavy (non-hydrogen) atoms. The molecule has 1 saturated carbocycles. The Morgan fingerprint density at radius 3 is 2.50 bits per heavy atom. The van der Waals surface area contributed by atoms with Gasteiger partial charge in [-0.2, -0.15) is 0 Å². The van der Waals surface area contributed by atoms with Crippen molar-refractivity contribution in [1.82, 2.24) is 0 Å². The summed E-state index contributed by atoms with van der Waals surface area (Å²) in [6, 6.07) is 9.14. The number of benzene rings is 1. The number of hydrogen-bond donors (Lipinski definition) is 1. The number of aryl methyl sites for hydroxylation is 1. The van der Waals surface area contributed by atoms with Crippen molar-refractivity contribution in [1.29, 1.82) is 0 Å². The number of rotatable bonds is 2. The van der Waals surface area contributed by atoms with Gasteiger partial charge < -0.3 is 5.73 Å². The average molecular weight is 207 g/mol. The summed E-state index contributed by atoms with van der Waals surface area (Å²) in [6.45, 7) is 2.12. The van der Waals surface area contributed by atoms with E-state index in [0.29, 0.717) is 11.3 Å². The van der Waals surface area contributed by atoms with E-state index in [1.165, 1.54) is 29.7 Å². The van der Waals surface area contributed by atoms with Crippen LogP contribution in [0.4, 0.5) is 0 Å². The van der Waals surface area contributed by atoms with Crippen molar-refractivity contribution >= 4 is 11.8 Å². The van der Waals surface area contributed by atoms with Crippen LogP contribution < -0.4 is 5.73 Å². The molecule has 0 aromatic heterocycles. The van der Waals surface area contributed by atoms with Crippen molar-refractivity contribution < 1.29 is 0 Å². The van der Waals surface area contributed by atoms with Crippen LogP contribution in [-0.4, -0.2) is 11.3 Å². The summed E-state index contributed by atoms with van der Waals surface area (Å²) in [7, 11) is 0. The molecule has 0 heterocycles. The van der Waals surface area contributed by atoms with Gasteiger partial charge in [0.05, 0.1) is 0 Å². The Labute approximate surface area is 90.1 Å². The highest BCUT2D eigenvalue weighted by Gasteiger charge is 2.24. The fourth-order valence-corrected chi connectivity index (χ4v) is 3.13. The molecule has 1 aliphatic rings. The van der Waals surface area contributed by atoms with Crippen LogP contribution in [0.2, 0.25) is 0 Å². The highest BCUT2D eigenvalue weighted by molar-refractivity contribution is 8.00. The van der Waals surface area contributed by atoms with E-state index in [-0.39, 0.29) is 0 Å². The number of nitrogens with two attached hydrogens (primary N) is 1. The van der Waals surface area contributed by atoms with E-state index >= 15 is 0 Å². The van der Waals surface area contributed by atoms with Crippen LogP contribution in [0, 0.1) is 6.92 Å². The second-order valence-corrected chi connectivity index (χ2v) is 5.38. The molecule has 0 spiro atoms. The third kappa shape index (κ3) is 2.31. The van der Waals surface area contributed by atoms with Crippen molar-refractivity contribution in [2.45, 2.75) is 42.4 Å². The summed E-state index contributed by atoms with van der Waals surface area (Å²) in [5, 5.41) is 0.637. The van der Waals surface area contributed by atoms with Gasteiger partial charge in [0, 0.05) is 16.2 Å². The minimum atomic E-state index is 0.404. The van der Waals surface area contributed by atoms with Crippen molar-refractivity contribution in [3.8, 4) is 0 Å². The number of thioether (sulfide) groups is 1. The fraction of sp³-hybridized carbons (Fsp3) is 0.500. The van der Waals surface area contributed by atoms with E-state index < -0.39 is 0 Å². The monoisotopic (exact) mass is 207 g/mol. The maximum Gasteiger partial charge on any atom is 0.0246 e. The van der Waals surface area contributed by atoms with Gasteiger partial charge in [0.25, 0.3) is 0 Å². The first-order valence-corrected chi connectivity index (χ1v) is 6.12.